The number of carbonyl (C=O) groups is 2. The summed E-state index contributed by atoms with van der Waals surface area (Å²) in [7, 11) is 0. The first-order valence-electron chi connectivity index (χ1n) is 11.9. The lowest BCUT2D eigenvalue weighted by Crippen LogP contribution is -2.70. The summed E-state index contributed by atoms with van der Waals surface area (Å²) in [6, 6.07) is 2.98. The molecule has 218 valence electrons. The Kier molecular flexibility index (Phi) is 7.72. The molecule has 2 aromatic heterocycles. The first-order chi connectivity index (χ1) is 18.7. The number of piperazine rings is 2. The van der Waals surface area contributed by atoms with E-state index >= 15 is 0 Å². The highest BCUT2D eigenvalue weighted by atomic mass is 19.4. The van der Waals surface area contributed by atoms with Gasteiger partial charge in [0.1, 0.15) is 0 Å². The summed E-state index contributed by atoms with van der Waals surface area (Å²) >= 11 is 0. The minimum atomic E-state index is -6.92. The van der Waals surface area contributed by atoms with Crippen LogP contribution in [0.4, 0.5) is 47.0 Å². The highest BCUT2D eigenvalue weighted by Gasteiger charge is 2.85. The molecule has 2 saturated heterocycles. The average Bonchev–Trinajstić information content (AvgIpc) is 2.97. The SMILES string of the molecule is O=C(N1CCN(c2ncccn2)CC1)C(F)(F)C(F)(F)C(F)(F)C(F)(F)C(=O)N1CCN(c2ncccn2)CC1. The van der Waals surface area contributed by atoms with Crippen molar-refractivity contribution < 1.29 is 44.7 Å². The maximum absolute atomic E-state index is 14.6. The van der Waals surface area contributed by atoms with Crippen molar-refractivity contribution >= 4 is 23.7 Å². The third-order valence-electron chi connectivity index (χ3n) is 6.52. The Labute approximate surface area is 221 Å². The fourth-order valence-electron chi connectivity index (χ4n) is 4.19. The van der Waals surface area contributed by atoms with Gasteiger partial charge in [-0.1, -0.05) is 0 Å². The van der Waals surface area contributed by atoms with Crippen molar-refractivity contribution in [3.8, 4) is 0 Å². The predicted molar refractivity (Wildman–Crippen MR) is 121 cm³/mol. The Morgan fingerprint density at radius 1 is 0.525 bits per heavy atom. The highest BCUT2D eigenvalue weighted by molar-refractivity contribution is 5.88. The van der Waals surface area contributed by atoms with Gasteiger partial charge >= 0.3 is 23.7 Å². The van der Waals surface area contributed by atoms with E-state index in [1.54, 1.807) is 0 Å². The molecule has 0 unspecified atom stereocenters. The summed E-state index contributed by atoms with van der Waals surface area (Å²) in [6.45, 7) is -3.38. The van der Waals surface area contributed by atoms with Gasteiger partial charge in [0.05, 0.1) is 0 Å². The number of anilines is 2. The van der Waals surface area contributed by atoms with E-state index in [-0.39, 0.29) is 47.9 Å². The van der Waals surface area contributed by atoms with Crippen LogP contribution in [0.5, 0.6) is 0 Å². The van der Waals surface area contributed by atoms with Crippen molar-refractivity contribution in [2.45, 2.75) is 23.7 Å². The predicted octanol–water partition coefficient (Wildman–Crippen LogP) is 1.81. The number of halogens is 8. The highest BCUT2D eigenvalue weighted by Crippen LogP contribution is 2.53. The molecule has 0 saturated carbocycles. The molecule has 0 N–H and O–H groups in total. The van der Waals surface area contributed by atoms with Crippen molar-refractivity contribution in [3.05, 3.63) is 36.9 Å². The maximum atomic E-state index is 14.6. The summed E-state index contributed by atoms with van der Waals surface area (Å²) in [5.41, 5.74) is 0. The Hall–Kier alpha value is -3.86. The summed E-state index contributed by atoms with van der Waals surface area (Å²) in [5.74, 6) is -31.6. The Morgan fingerprint density at radius 2 is 0.800 bits per heavy atom. The monoisotopic (exact) mass is 582 g/mol. The van der Waals surface area contributed by atoms with Crippen molar-refractivity contribution in [2.75, 3.05) is 62.2 Å². The molecule has 10 nitrogen and oxygen atoms in total. The second kappa shape index (κ2) is 10.6. The Morgan fingerprint density at radius 3 is 1.07 bits per heavy atom. The van der Waals surface area contributed by atoms with E-state index in [1.165, 1.54) is 46.7 Å². The normalized spacial score (nSPS) is 17.7. The molecule has 18 heteroatoms. The first-order valence-corrected chi connectivity index (χ1v) is 11.9. The quantitative estimate of drug-likeness (QED) is 0.456. The molecule has 4 rings (SSSR count). The summed E-state index contributed by atoms with van der Waals surface area (Å²) in [5, 5.41) is 0. The van der Waals surface area contributed by atoms with Crippen LogP contribution in [0.2, 0.25) is 0 Å². The van der Waals surface area contributed by atoms with E-state index in [0.717, 1.165) is 0 Å². The number of rotatable bonds is 7. The maximum Gasteiger partial charge on any atom is 0.392 e. The molecule has 2 amide bonds. The van der Waals surface area contributed by atoms with Crippen molar-refractivity contribution in [2.24, 2.45) is 0 Å². The van der Waals surface area contributed by atoms with Gasteiger partial charge in [0, 0.05) is 77.1 Å². The van der Waals surface area contributed by atoms with Crippen LogP contribution in [0, 0.1) is 0 Å². The van der Waals surface area contributed by atoms with Crippen LogP contribution in [-0.2, 0) is 9.59 Å². The van der Waals surface area contributed by atoms with Crippen LogP contribution in [0.1, 0.15) is 0 Å². The molecule has 0 aliphatic carbocycles. The van der Waals surface area contributed by atoms with Crippen LogP contribution in [-0.4, -0.2) is 118 Å². The lowest BCUT2D eigenvalue weighted by atomic mass is 9.96. The number of nitrogens with zero attached hydrogens (tertiary/aromatic N) is 8. The van der Waals surface area contributed by atoms with E-state index < -0.39 is 61.7 Å². The zero-order valence-corrected chi connectivity index (χ0v) is 20.5. The topological polar surface area (TPSA) is 98.7 Å². The molecule has 0 radical (unpaired) electrons. The number of carbonyl (C=O) groups excluding carboxylic acids is 2. The zero-order valence-electron chi connectivity index (χ0n) is 20.5. The first kappa shape index (κ1) is 29.1. The van der Waals surface area contributed by atoms with Gasteiger partial charge in [0.15, 0.2) is 0 Å². The number of alkyl halides is 8. The molecule has 0 atom stereocenters. The van der Waals surface area contributed by atoms with Crippen molar-refractivity contribution in [3.63, 3.8) is 0 Å². The van der Waals surface area contributed by atoms with Crippen molar-refractivity contribution in [1.29, 1.82) is 0 Å². The van der Waals surface area contributed by atoms with Gasteiger partial charge in [0.2, 0.25) is 11.9 Å². The summed E-state index contributed by atoms with van der Waals surface area (Å²) in [6.07, 6.45) is 5.48. The molecule has 2 aromatic rings. The van der Waals surface area contributed by atoms with Gasteiger partial charge < -0.3 is 19.6 Å². The lowest BCUT2D eigenvalue weighted by molar-refractivity contribution is -0.350. The second-order valence-electron chi connectivity index (χ2n) is 8.95. The molecule has 0 spiro atoms. The molecule has 0 aromatic carbocycles. The number of hydrogen-bond acceptors (Lipinski definition) is 8. The number of aromatic nitrogens is 4. The van der Waals surface area contributed by atoms with Gasteiger partial charge in [-0.25, -0.2) is 19.9 Å². The van der Waals surface area contributed by atoms with Crippen LogP contribution < -0.4 is 9.80 Å². The van der Waals surface area contributed by atoms with Crippen LogP contribution >= 0.6 is 0 Å². The van der Waals surface area contributed by atoms with Crippen LogP contribution in [0.25, 0.3) is 0 Å². The van der Waals surface area contributed by atoms with Gasteiger partial charge in [-0.2, -0.15) is 35.1 Å². The summed E-state index contributed by atoms with van der Waals surface area (Å²) in [4.78, 5) is 43.4. The molecule has 0 bridgehead atoms. The smallest absolute Gasteiger partial charge is 0.337 e. The van der Waals surface area contributed by atoms with Crippen LogP contribution in [0.15, 0.2) is 36.9 Å². The third-order valence-corrected chi connectivity index (χ3v) is 6.52. The third kappa shape index (κ3) is 4.94. The van der Waals surface area contributed by atoms with Gasteiger partial charge in [0.25, 0.3) is 11.8 Å². The van der Waals surface area contributed by atoms with Crippen molar-refractivity contribution in [1.82, 2.24) is 29.7 Å². The van der Waals surface area contributed by atoms with Gasteiger partial charge in [-0.05, 0) is 12.1 Å². The van der Waals surface area contributed by atoms with E-state index in [2.05, 4.69) is 19.9 Å². The fourth-order valence-corrected chi connectivity index (χ4v) is 4.19. The molecule has 2 fully saturated rings. The van der Waals surface area contributed by atoms with Crippen LogP contribution in [0.3, 0.4) is 0 Å². The zero-order chi connectivity index (χ0) is 29.3. The van der Waals surface area contributed by atoms with E-state index in [0.29, 0.717) is 0 Å². The number of hydrogen-bond donors (Lipinski definition) is 0. The molecular formula is C22H22F8N8O2. The van der Waals surface area contributed by atoms with E-state index in [1.807, 2.05) is 0 Å². The standard InChI is InChI=1S/C22H22F8N8O2/c23-19(24,15(39)35-7-11-37(12-8-35)17-31-3-1-4-32-17)21(27,28)22(29,30)20(25,26)16(40)36-9-13-38(14-10-36)18-33-5-2-6-34-18/h1-6H,7-14H2. The molecule has 2 aliphatic rings. The van der Waals surface area contributed by atoms with Gasteiger partial charge in [-0.3, -0.25) is 9.59 Å². The minimum absolute atomic E-state index is 0.147. The lowest BCUT2D eigenvalue weighted by Gasteiger charge is -2.41. The Bertz CT molecular complexity index is 1100. The number of amides is 2. The minimum Gasteiger partial charge on any atom is -0.337 e. The fraction of sp³-hybridized carbons (Fsp3) is 0.545. The molecular weight excluding hydrogens is 560 g/mol. The molecule has 2 aliphatic heterocycles. The largest absolute Gasteiger partial charge is 0.392 e. The molecule has 4 heterocycles. The second-order valence-corrected chi connectivity index (χ2v) is 8.95. The molecule has 40 heavy (non-hydrogen) atoms. The average molecular weight is 582 g/mol. The summed E-state index contributed by atoms with van der Waals surface area (Å²) < 4.78 is 117. The van der Waals surface area contributed by atoms with Gasteiger partial charge in [-0.15, -0.1) is 0 Å². The Balaban J connectivity index is 1.44. The van der Waals surface area contributed by atoms with E-state index in [4.69, 9.17) is 0 Å². The van der Waals surface area contributed by atoms with E-state index in [9.17, 15) is 44.7 Å².